The maximum absolute atomic E-state index is 12.9. The van der Waals surface area contributed by atoms with Gasteiger partial charge in [-0.3, -0.25) is 19.6 Å². The molecular weight excluding hydrogens is 458 g/mol. The highest BCUT2D eigenvalue weighted by Crippen LogP contribution is 2.25. The third-order valence-corrected chi connectivity index (χ3v) is 6.64. The van der Waals surface area contributed by atoms with E-state index in [0.717, 1.165) is 17.2 Å². The van der Waals surface area contributed by atoms with Gasteiger partial charge in [0.2, 0.25) is 0 Å². The van der Waals surface area contributed by atoms with E-state index in [9.17, 15) is 23.3 Å². The SMILES string of the molecule is COc1ccc(C)cc1CN(C)C(=O)c1ccc(NS(=O)(=O)c2ccc(C)c([N+](=O)[O-])c2)cc1. The molecule has 0 heterocycles. The van der Waals surface area contributed by atoms with E-state index in [-0.39, 0.29) is 22.2 Å². The molecule has 9 nitrogen and oxygen atoms in total. The smallest absolute Gasteiger partial charge is 0.273 e. The van der Waals surface area contributed by atoms with E-state index in [0.29, 0.717) is 23.4 Å². The molecule has 178 valence electrons. The second-order valence-electron chi connectivity index (χ2n) is 7.86. The van der Waals surface area contributed by atoms with Crippen LogP contribution in [-0.2, 0) is 16.6 Å². The van der Waals surface area contributed by atoms with Crippen molar-refractivity contribution < 1.29 is 22.9 Å². The number of aryl methyl sites for hydroxylation is 2. The molecule has 10 heteroatoms. The van der Waals surface area contributed by atoms with Crippen LogP contribution in [0.25, 0.3) is 0 Å². The molecule has 0 aliphatic heterocycles. The number of rotatable bonds is 8. The molecule has 0 atom stereocenters. The fourth-order valence-electron chi connectivity index (χ4n) is 3.43. The monoisotopic (exact) mass is 483 g/mol. The molecule has 0 unspecified atom stereocenters. The van der Waals surface area contributed by atoms with Gasteiger partial charge < -0.3 is 9.64 Å². The van der Waals surface area contributed by atoms with Crippen LogP contribution in [0, 0.1) is 24.0 Å². The number of nitrogens with zero attached hydrogens (tertiary/aromatic N) is 2. The second kappa shape index (κ2) is 9.92. The quantitative estimate of drug-likeness (QED) is 0.377. The summed E-state index contributed by atoms with van der Waals surface area (Å²) in [6, 6.07) is 15.4. The van der Waals surface area contributed by atoms with Crippen LogP contribution in [-0.4, -0.2) is 38.3 Å². The highest BCUT2D eigenvalue weighted by atomic mass is 32.2. The summed E-state index contributed by atoms with van der Waals surface area (Å²) < 4.78 is 33.1. The van der Waals surface area contributed by atoms with Gasteiger partial charge in [-0.05, 0) is 50.2 Å². The van der Waals surface area contributed by atoms with Crippen LogP contribution in [0.3, 0.4) is 0 Å². The van der Waals surface area contributed by atoms with Gasteiger partial charge in [-0.2, -0.15) is 0 Å². The molecule has 3 rings (SSSR count). The van der Waals surface area contributed by atoms with Crippen molar-refractivity contribution in [2.24, 2.45) is 0 Å². The third kappa shape index (κ3) is 5.52. The summed E-state index contributed by atoms with van der Waals surface area (Å²) in [5.74, 6) is 0.443. The minimum absolute atomic E-state index is 0.225. The summed E-state index contributed by atoms with van der Waals surface area (Å²) in [5.41, 5.74) is 2.60. The predicted molar refractivity (Wildman–Crippen MR) is 129 cm³/mol. The number of anilines is 1. The number of benzene rings is 3. The normalized spacial score (nSPS) is 11.1. The van der Waals surface area contributed by atoms with Gasteiger partial charge in [0, 0.05) is 42.0 Å². The molecule has 3 aromatic rings. The number of carbonyl (C=O) groups is 1. The third-order valence-electron chi connectivity index (χ3n) is 5.26. The van der Waals surface area contributed by atoms with Gasteiger partial charge in [-0.25, -0.2) is 8.42 Å². The topological polar surface area (TPSA) is 119 Å². The van der Waals surface area contributed by atoms with Crippen molar-refractivity contribution in [1.29, 1.82) is 0 Å². The van der Waals surface area contributed by atoms with E-state index in [4.69, 9.17) is 4.74 Å². The van der Waals surface area contributed by atoms with Gasteiger partial charge in [0.25, 0.3) is 21.6 Å². The molecule has 0 aliphatic rings. The number of methoxy groups -OCH3 is 1. The highest BCUT2D eigenvalue weighted by Gasteiger charge is 2.20. The van der Waals surface area contributed by atoms with Crippen LogP contribution < -0.4 is 9.46 Å². The molecule has 0 spiro atoms. The Hall–Kier alpha value is -3.92. The van der Waals surface area contributed by atoms with E-state index in [1.165, 1.54) is 43.3 Å². The molecule has 1 N–H and O–H groups in total. The highest BCUT2D eigenvalue weighted by molar-refractivity contribution is 7.92. The first-order chi connectivity index (χ1) is 16.0. The number of nitrogens with one attached hydrogen (secondary N) is 1. The summed E-state index contributed by atoms with van der Waals surface area (Å²) in [5, 5.41) is 11.1. The van der Waals surface area contributed by atoms with Crippen molar-refractivity contribution in [2.45, 2.75) is 25.3 Å². The first-order valence-corrected chi connectivity index (χ1v) is 11.8. The standard InChI is InChI=1S/C24H25N3O6S/c1-16-5-12-23(33-4)19(13-16)15-26(3)24(28)18-7-9-20(10-8-18)25-34(31,32)21-11-6-17(2)22(14-21)27(29)30/h5-14,25H,15H2,1-4H3. The zero-order valence-electron chi connectivity index (χ0n) is 19.2. The zero-order valence-corrected chi connectivity index (χ0v) is 20.0. The average molecular weight is 484 g/mol. The Labute approximate surface area is 198 Å². The van der Waals surface area contributed by atoms with Gasteiger partial charge in [0.15, 0.2) is 0 Å². The number of hydrogen-bond donors (Lipinski definition) is 1. The van der Waals surface area contributed by atoms with Crippen LogP contribution in [0.5, 0.6) is 5.75 Å². The van der Waals surface area contributed by atoms with Crippen molar-refractivity contribution in [3.8, 4) is 5.75 Å². The Morgan fingerprint density at radius 1 is 1.06 bits per heavy atom. The first kappa shape index (κ1) is 24.7. The van der Waals surface area contributed by atoms with E-state index in [1.807, 2.05) is 25.1 Å². The van der Waals surface area contributed by atoms with Gasteiger partial charge in [-0.15, -0.1) is 0 Å². The van der Waals surface area contributed by atoms with Gasteiger partial charge in [-0.1, -0.05) is 23.8 Å². The number of hydrogen-bond acceptors (Lipinski definition) is 6. The Morgan fingerprint density at radius 3 is 2.35 bits per heavy atom. The molecule has 0 bridgehead atoms. The summed E-state index contributed by atoms with van der Waals surface area (Å²) in [7, 11) is -0.806. The summed E-state index contributed by atoms with van der Waals surface area (Å²) in [4.78, 5) is 24.7. The molecule has 0 saturated carbocycles. The lowest BCUT2D eigenvalue weighted by atomic mass is 10.1. The van der Waals surface area contributed by atoms with Crippen LogP contribution in [0.2, 0.25) is 0 Å². The van der Waals surface area contributed by atoms with Gasteiger partial charge in [0.1, 0.15) is 5.75 Å². The first-order valence-electron chi connectivity index (χ1n) is 10.3. The summed E-state index contributed by atoms with van der Waals surface area (Å²) >= 11 is 0. The molecule has 0 saturated heterocycles. The second-order valence-corrected chi connectivity index (χ2v) is 9.55. The Morgan fingerprint density at radius 2 is 1.74 bits per heavy atom. The lowest BCUT2D eigenvalue weighted by molar-refractivity contribution is -0.385. The van der Waals surface area contributed by atoms with E-state index < -0.39 is 14.9 Å². The maximum atomic E-state index is 12.9. The summed E-state index contributed by atoms with van der Waals surface area (Å²) in [6.45, 7) is 3.83. The lowest BCUT2D eigenvalue weighted by Gasteiger charge is -2.19. The van der Waals surface area contributed by atoms with Gasteiger partial charge >= 0.3 is 0 Å². The van der Waals surface area contributed by atoms with Crippen molar-refractivity contribution >= 4 is 27.3 Å². The molecule has 0 aliphatic carbocycles. The van der Waals surface area contributed by atoms with E-state index in [1.54, 1.807) is 19.1 Å². The fraction of sp³-hybridized carbons (Fsp3) is 0.208. The molecule has 0 radical (unpaired) electrons. The predicted octanol–water partition coefficient (Wildman–Crippen LogP) is 4.29. The number of ether oxygens (including phenoxy) is 1. The van der Waals surface area contributed by atoms with Crippen LogP contribution in [0.15, 0.2) is 65.6 Å². The molecule has 3 aromatic carbocycles. The Bertz CT molecular complexity index is 1340. The van der Waals surface area contributed by atoms with Crippen molar-refractivity contribution in [2.75, 3.05) is 18.9 Å². The van der Waals surface area contributed by atoms with Crippen LogP contribution in [0.1, 0.15) is 27.0 Å². The Balaban J connectivity index is 1.75. The van der Waals surface area contributed by atoms with E-state index in [2.05, 4.69) is 4.72 Å². The maximum Gasteiger partial charge on any atom is 0.273 e. The zero-order chi connectivity index (χ0) is 25.0. The number of carbonyl (C=O) groups excluding carboxylic acids is 1. The fourth-order valence-corrected chi connectivity index (χ4v) is 4.50. The van der Waals surface area contributed by atoms with Crippen molar-refractivity contribution in [3.05, 3.63) is 93.0 Å². The summed E-state index contributed by atoms with van der Waals surface area (Å²) in [6.07, 6.45) is 0. The minimum Gasteiger partial charge on any atom is -0.496 e. The number of nitro groups is 1. The largest absolute Gasteiger partial charge is 0.496 e. The lowest BCUT2D eigenvalue weighted by Crippen LogP contribution is -2.26. The van der Waals surface area contributed by atoms with E-state index >= 15 is 0 Å². The van der Waals surface area contributed by atoms with Gasteiger partial charge in [0.05, 0.1) is 16.9 Å². The molecule has 34 heavy (non-hydrogen) atoms. The average Bonchev–Trinajstić information content (AvgIpc) is 2.79. The molecular formula is C24H25N3O6S. The Kier molecular flexibility index (Phi) is 7.21. The molecule has 0 aromatic heterocycles. The van der Waals surface area contributed by atoms with Crippen LogP contribution >= 0.6 is 0 Å². The number of sulfonamides is 1. The number of amides is 1. The number of nitro benzene ring substituents is 1. The van der Waals surface area contributed by atoms with Crippen molar-refractivity contribution in [3.63, 3.8) is 0 Å². The van der Waals surface area contributed by atoms with Crippen LogP contribution in [0.4, 0.5) is 11.4 Å². The van der Waals surface area contributed by atoms with Crippen molar-refractivity contribution in [1.82, 2.24) is 4.90 Å². The minimum atomic E-state index is -4.05. The molecule has 0 fully saturated rings. The molecule has 1 amide bonds.